The number of aliphatic imine (C=N–C) groups is 1. The van der Waals surface area contributed by atoms with E-state index >= 15 is 0 Å². The fraction of sp³-hybridized carbons (Fsp3) is 0.261. The highest BCUT2D eigenvalue weighted by Crippen LogP contribution is 2.41. The zero-order valence-electron chi connectivity index (χ0n) is 18.0. The first kappa shape index (κ1) is 19.9. The first-order chi connectivity index (χ1) is 15.5. The molecule has 0 fully saturated rings. The molecule has 32 heavy (non-hydrogen) atoms. The van der Waals surface area contributed by atoms with Gasteiger partial charge in [0.05, 0.1) is 14.2 Å². The maximum atomic E-state index is 13.0. The van der Waals surface area contributed by atoms with Crippen LogP contribution in [-0.4, -0.2) is 41.4 Å². The predicted molar refractivity (Wildman–Crippen MR) is 121 cm³/mol. The Balaban J connectivity index is 1.69. The number of methoxy groups -OCH3 is 2. The molecule has 0 amide bonds. The fourth-order valence-electron chi connectivity index (χ4n) is 4.22. The van der Waals surface area contributed by atoms with E-state index in [1.54, 1.807) is 19.1 Å². The Labute approximate surface area is 184 Å². The third-order valence-electron chi connectivity index (χ3n) is 5.74. The molecule has 164 valence electrons. The fourth-order valence-corrected chi connectivity index (χ4v) is 4.22. The SMILES string of the molecule is COc1cc([C@H]2N=C(N3CCc4ccccc43)Nc3nc(C)cc(=O)n32)cc(OC)c1O. The number of hydrogen-bond acceptors (Lipinski definition) is 8. The Hall–Kier alpha value is -4.01. The molecule has 1 atom stereocenters. The maximum absolute atomic E-state index is 13.0. The normalized spacial score (nSPS) is 16.7. The largest absolute Gasteiger partial charge is 0.502 e. The molecule has 0 saturated carbocycles. The summed E-state index contributed by atoms with van der Waals surface area (Å²) >= 11 is 0. The van der Waals surface area contributed by atoms with E-state index in [2.05, 4.69) is 27.3 Å². The zero-order chi connectivity index (χ0) is 22.4. The first-order valence-corrected chi connectivity index (χ1v) is 10.3. The van der Waals surface area contributed by atoms with E-state index < -0.39 is 6.17 Å². The molecule has 2 aliphatic heterocycles. The number of nitrogens with one attached hydrogen (secondary N) is 1. The van der Waals surface area contributed by atoms with Crippen LogP contribution in [0.25, 0.3) is 0 Å². The summed E-state index contributed by atoms with van der Waals surface area (Å²) in [4.78, 5) is 24.5. The smallest absolute Gasteiger partial charge is 0.257 e. The molecule has 0 aliphatic carbocycles. The molecule has 0 unspecified atom stereocenters. The van der Waals surface area contributed by atoms with Crippen LogP contribution in [-0.2, 0) is 6.42 Å². The summed E-state index contributed by atoms with van der Waals surface area (Å²) < 4.78 is 12.1. The van der Waals surface area contributed by atoms with Gasteiger partial charge in [-0.3, -0.25) is 14.7 Å². The number of guanidine groups is 1. The van der Waals surface area contributed by atoms with Gasteiger partial charge in [0, 0.05) is 29.6 Å². The van der Waals surface area contributed by atoms with Crippen LogP contribution in [0.4, 0.5) is 11.6 Å². The highest BCUT2D eigenvalue weighted by Gasteiger charge is 2.31. The number of aromatic nitrogens is 2. The molecule has 3 heterocycles. The highest BCUT2D eigenvalue weighted by molar-refractivity contribution is 6.06. The summed E-state index contributed by atoms with van der Waals surface area (Å²) in [5.74, 6) is 1.36. The molecule has 2 aliphatic rings. The minimum Gasteiger partial charge on any atom is -0.502 e. The number of rotatable bonds is 3. The van der Waals surface area contributed by atoms with Gasteiger partial charge in [-0.05, 0) is 37.1 Å². The number of aryl methyl sites for hydroxylation is 1. The van der Waals surface area contributed by atoms with E-state index in [1.165, 1.54) is 30.4 Å². The third kappa shape index (κ3) is 3.13. The van der Waals surface area contributed by atoms with Gasteiger partial charge in [-0.2, -0.15) is 0 Å². The van der Waals surface area contributed by atoms with Crippen molar-refractivity contribution in [3.05, 3.63) is 69.6 Å². The molecular formula is C23H23N5O4. The van der Waals surface area contributed by atoms with Crippen LogP contribution < -0.4 is 25.2 Å². The van der Waals surface area contributed by atoms with Crippen LogP contribution in [0.1, 0.15) is 23.0 Å². The molecule has 0 saturated heterocycles. The minimum atomic E-state index is -0.724. The van der Waals surface area contributed by atoms with Crippen molar-refractivity contribution in [2.45, 2.75) is 19.5 Å². The average molecular weight is 433 g/mol. The van der Waals surface area contributed by atoms with Gasteiger partial charge < -0.3 is 19.5 Å². The molecule has 2 aromatic carbocycles. The van der Waals surface area contributed by atoms with Crippen LogP contribution in [0.3, 0.4) is 0 Å². The summed E-state index contributed by atoms with van der Waals surface area (Å²) in [5.41, 5.74) is 3.30. The van der Waals surface area contributed by atoms with Gasteiger partial charge in [0.15, 0.2) is 17.7 Å². The van der Waals surface area contributed by atoms with Gasteiger partial charge in [0.1, 0.15) is 0 Å². The summed E-state index contributed by atoms with van der Waals surface area (Å²) in [6, 6.07) is 13.0. The van der Waals surface area contributed by atoms with Gasteiger partial charge in [0.25, 0.3) is 5.56 Å². The summed E-state index contributed by atoms with van der Waals surface area (Å²) in [7, 11) is 2.92. The quantitative estimate of drug-likeness (QED) is 0.655. The molecule has 1 aromatic heterocycles. The summed E-state index contributed by atoms with van der Waals surface area (Å²) in [6.07, 6.45) is 0.175. The Bertz CT molecular complexity index is 1270. The van der Waals surface area contributed by atoms with Crippen molar-refractivity contribution in [1.29, 1.82) is 0 Å². The lowest BCUT2D eigenvalue weighted by Gasteiger charge is -2.31. The monoisotopic (exact) mass is 433 g/mol. The number of anilines is 2. The van der Waals surface area contributed by atoms with Crippen molar-refractivity contribution < 1.29 is 14.6 Å². The second-order valence-electron chi connectivity index (χ2n) is 7.69. The standard InChI is InChI=1S/C23H23N5O4/c1-13-10-19(29)28-21(15-11-17(31-2)20(30)18(12-15)32-3)25-22(26-23(28)24-13)27-9-8-14-6-4-5-7-16(14)27/h4-7,10-12,21,30H,8-9H2,1-3H3,(H,24,25,26)/t21-/m0/s1. The molecule has 2 N–H and O–H groups in total. The van der Waals surface area contributed by atoms with Gasteiger partial charge in [-0.25, -0.2) is 9.98 Å². The summed E-state index contributed by atoms with van der Waals surface area (Å²) in [6.45, 7) is 2.54. The van der Waals surface area contributed by atoms with Crippen molar-refractivity contribution in [2.24, 2.45) is 4.99 Å². The summed E-state index contributed by atoms with van der Waals surface area (Å²) in [5, 5.41) is 13.6. The molecule has 5 rings (SSSR count). The van der Waals surface area contributed by atoms with E-state index in [0.29, 0.717) is 23.2 Å². The van der Waals surface area contributed by atoms with Crippen LogP contribution in [0.15, 0.2) is 52.3 Å². The Morgan fingerprint density at radius 1 is 1.12 bits per heavy atom. The third-order valence-corrected chi connectivity index (χ3v) is 5.74. The lowest BCUT2D eigenvalue weighted by atomic mass is 10.1. The van der Waals surface area contributed by atoms with Crippen molar-refractivity contribution in [3.63, 3.8) is 0 Å². The second kappa shape index (κ2) is 7.60. The second-order valence-corrected chi connectivity index (χ2v) is 7.69. The van der Waals surface area contributed by atoms with E-state index in [-0.39, 0.29) is 22.8 Å². The average Bonchev–Trinajstić information content (AvgIpc) is 3.22. The van der Waals surface area contributed by atoms with Crippen molar-refractivity contribution in [3.8, 4) is 17.2 Å². The van der Waals surface area contributed by atoms with E-state index in [1.807, 2.05) is 12.1 Å². The van der Waals surface area contributed by atoms with E-state index in [9.17, 15) is 9.90 Å². The number of aromatic hydroxyl groups is 1. The Morgan fingerprint density at radius 3 is 2.56 bits per heavy atom. The predicted octanol–water partition coefficient (Wildman–Crippen LogP) is 2.67. The van der Waals surface area contributed by atoms with Gasteiger partial charge in [-0.1, -0.05) is 18.2 Å². The zero-order valence-corrected chi connectivity index (χ0v) is 18.0. The number of phenols is 1. The molecule has 0 radical (unpaired) electrons. The molecule has 3 aromatic rings. The molecule has 9 heteroatoms. The number of benzene rings is 2. The number of phenolic OH excluding ortho intramolecular Hbond substituents is 1. The molecule has 0 bridgehead atoms. The Kier molecular flexibility index (Phi) is 4.73. The number of ether oxygens (including phenoxy) is 2. The molecule has 9 nitrogen and oxygen atoms in total. The molecule has 0 spiro atoms. The van der Waals surface area contributed by atoms with Gasteiger partial charge >= 0.3 is 0 Å². The maximum Gasteiger partial charge on any atom is 0.257 e. The van der Waals surface area contributed by atoms with Crippen molar-refractivity contribution >= 4 is 17.6 Å². The lowest BCUT2D eigenvalue weighted by Crippen LogP contribution is -2.43. The lowest BCUT2D eigenvalue weighted by molar-refractivity contribution is 0.338. The Morgan fingerprint density at radius 2 is 1.84 bits per heavy atom. The van der Waals surface area contributed by atoms with Gasteiger partial charge in [0.2, 0.25) is 17.7 Å². The van der Waals surface area contributed by atoms with Gasteiger partial charge in [-0.15, -0.1) is 0 Å². The number of para-hydroxylation sites is 1. The minimum absolute atomic E-state index is 0.111. The molecular weight excluding hydrogens is 410 g/mol. The first-order valence-electron chi connectivity index (χ1n) is 10.3. The highest BCUT2D eigenvalue weighted by atomic mass is 16.5. The van der Waals surface area contributed by atoms with Crippen LogP contribution in [0.5, 0.6) is 17.2 Å². The van der Waals surface area contributed by atoms with Crippen molar-refractivity contribution in [2.75, 3.05) is 31.0 Å². The number of fused-ring (bicyclic) bond motifs is 2. The van der Waals surface area contributed by atoms with Crippen molar-refractivity contribution in [1.82, 2.24) is 9.55 Å². The number of nitrogens with zero attached hydrogens (tertiary/aromatic N) is 4. The van der Waals surface area contributed by atoms with Crippen LogP contribution >= 0.6 is 0 Å². The van der Waals surface area contributed by atoms with Crippen LogP contribution in [0.2, 0.25) is 0 Å². The topological polar surface area (TPSA) is 101 Å². The van der Waals surface area contributed by atoms with E-state index in [0.717, 1.165) is 18.7 Å². The van der Waals surface area contributed by atoms with E-state index in [4.69, 9.17) is 14.5 Å². The number of hydrogen-bond donors (Lipinski definition) is 2. The van der Waals surface area contributed by atoms with Crippen LogP contribution in [0, 0.1) is 6.92 Å².